The lowest BCUT2D eigenvalue weighted by Crippen LogP contribution is -2.37. The van der Waals surface area contributed by atoms with Gasteiger partial charge in [0.15, 0.2) is 0 Å². The van der Waals surface area contributed by atoms with Crippen LogP contribution in [0.4, 0.5) is 11.5 Å². The molecular formula is C25H29N7O3. The summed E-state index contributed by atoms with van der Waals surface area (Å²) in [6, 6.07) is 3.84. The predicted molar refractivity (Wildman–Crippen MR) is 128 cm³/mol. The number of nitriles is 1. The van der Waals surface area contributed by atoms with Crippen LogP contribution in [0.15, 0.2) is 30.9 Å². The van der Waals surface area contributed by atoms with E-state index < -0.39 is 0 Å². The van der Waals surface area contributed by atoms with Crippen LogP contribution in [0.2, 0.25) is 0 Å². The van der Waals surface area contributed by atoms with E-state index in [1.807, 2.05) is 11.0 Å². The molecule has 10 heteroatoms. The van der Waals surface area contributed by atoms with Gasteiger partial charge in [0.25, 0.3) is 0 Å². The normalized spacial score (nSPS) is 20.6. The van der Waals surface area contributed by atoms with Crippen molar-refractivity contribution in [3.8, 4) is 11.9 Å². The zero-order valence-corrected chi connectivity index (χ0v) is 19.6. The molecule has 0 bridgehead atoms. The molecule has 35 heavy (non-hydrogen) atoms. The topological polar surface area (TPSA) is 130 Å². The van der Waals surface area contributed by atoms with Gasteiger partial charge in [0.1, 0.15) is 18.2 Å². The maximum Gasteiger partial charge on any atom is 0.226 e. The Morgan fingerprint density at radius 2 is 2.09 bits per heavy atom. The van der Waals surface area contributed by atoms with Crippen molar-refractivity contribution in [1.82, 2.24) is 19.9 Å². The second-order valence-corrected chi connectivity index (χ2v) is 9.18. The molecule has 2 saturated heterocycles. The van der Waals surface area contributed by atoms with Crippen LogP contribution in [0.1, 0.15) is 36.1 Å². The predicted octanol–water partition coefficient (Wildman–Crippen LogP) is 2.06. The first-order chi connectivity index (χ1) is 17.1. The van der Waals surface area contributed by atoms with Crippen LogP contribution in [0, 0.1) is 23.2 Å². The number of hydrogen-bond acceptors (Lipinski definition) is 9. The zero-order valence-electron chi connectivity index (χ0n) is 19.6. The summed E-state index contributed by atoms with van der Waals surface area (Å²) in [6.45, 7) is 4.15. The van der Waals surface area contributed by atoms with Crippen molar-refractivity contribution in [3.05, 3.63) is 47.7 Å². The Bertz CT molecular complexity index is 1160. The number of fused-ring (bicyclic) bond motifs is 1. The third-order valence-electron chi connectivity index (χ3n) is 6.99. The molecule has 0 aliphatic carbocycles. The number of nitrogen functional groups attached to an aromatic ring is 1. The highest BCUT2D eigenvalue weighted by molar-refractivity contribution is 5.79. The van der Waals surface area contributed by atoms with Crippen molar-refractivity contribution in [3.63, 3.8) is 0 Å². The molecule has 1 atom stereocenters. The molecule has 1 unspecified atom stereocenters. The number of likely N-dealkylation sites (tertiary alicyclic amines) is 1. The standard InChI is InChI=1S/C25H29N7O3/c26-12-19-11-20(13-28-23(19)27)31-7-2-22-21(15-31)24(30-16-29-22)35-10-3-17-1-6-32(14-17)25(33)18-4-8-34-9-5-18/h3,10-11,13,16-18H,1-2,4-9,14-15H2,(H2,27,28). The summed E-state index contributed by atoms with van der Waals surface area (Å²) in [4.78, 5) is 29.8. The van der Waals surface area contributed by atoms with Gasteiger partial charge in [-0.05, 0) is 37.3 Å². The van der Waals surface area contributed by atoms with Crippen LogP contribution >= 0.6 is 0 Å². The van der Waals surface area contributed by atoms with E-state index >= 15 is 0 Å². The summed E-state index contributed by atoms with van der Waals surface area (Å²) in [5.74, 6) is 1.36. The van der Waals surface area contributed by atoms with Gasteiger partial charge in [-0.15, -0.1) is 0 Å². The van der Waals surface area contributed by atoms with Crippen molar-refractivity contribution in [2.45, 2.75) is 32.2 Å². The highest BCUT2D eigenvalue weighted by Crippen LogP contribution is 2.29. The molecule has 2 aromatic rings. The van der Waals surface area contributed by atoms with Crippen molar-refractivity contribution < 1.29 is 14.3 Å². The third-order valence-corrected chi connectivity index (χ3v) is 6.99. The van der Waals surface area contributed by atoms with Crippen molar-refractivity contribution in [2.24, 2.45) is 11.8 Å². The Kier molecular flexibility index (Phi) is 6.77. The van der Waals surface area contributed by atoms with E-state index in [2.05, 4.69) is 25.9 Å². The van der Waals surface area contributed by atoms with Gasteiger partial charge in [0, 0.05) is 45.2 Å². The molecule has 2 N–H and O–H groups in total. The van der Waals surface area contributed by atoms with Crippen LogP contribution in [0.25, 0.3) is 0 Å². The molecular weight excluding hydrogens is 446 g/mol. The Morgan fingerprint density at radius 3 is 2.91 bits per heavy atom. The van der Waals surface area contributed by atoms with Gasteiger partial charge < -0.3 is 25.0 Å². The van der Waals surface area contributed by atoms with Gasteiger partial charge in [-0.3, -0.25) is 4.79 Å². The number of rotatable bonds is 5. The first kappa shape index (κ1) is 23.1. The number of amides is 1. The lowest BCUT2D eigenvalue weighted by atomic mass is 9.99. The minimum Gasteiger partial charge on any atom is -0.447 e. The fourth-order valence-corrected chi connectivity index (χ4v) is 4.93. The molecule has 0 aromatic carbocycles. The van der Waals surface area contributed by atoms with Gasteiger partial charge in [0.05, 0.1) is 41.5 Å². The number of carbonyl (C=O) groups excluding carboxylic acids is 1. The summed E-state index contributed by atoms with van der Waals surface area (Å²) < 4.78 is 11.3. The first-order valence-electron chi connectivity index (χ1n) is 12.1. The molecule has 1 amide bonds. The van der Waals surface area contributed by atoms with Crippen LogP contribution < -0.4 is 15.4 Å². The van der Waals surface area contributed by atoms with Gasteiger partial charge in [-0.25, -0.2) is 15.0 Å². The smallest absolute Gasteiger partial charge is 0.226 e. The molecule has 0 spiro atoms. The summed E-state index contributed by atoms with van der Waals surface area (Å²) >= 11 is 0. The lowest BCUT2D eigenvalue weighted by Gasteiger charge is -2.30. The van der Waals surface area contributed by atoms with E-state index in [1.54, 1.807) is 18.5 Å². The molecule has 10 nitrogen and oxygen atoms in total. The van der Waals surface area contributed by atoms with Crippen molar-refractivity contribution in [2.75, 3.05) is 43.5 Å². The molecule has 5 heterocycles. The molecule has 182 valence electrons. The van der Waals surface area contributed by atoms with E-state index in [0.717, 1.165) is 62.3 Å². The highest BCUT2D eigenvalue weighted by Gasteiger charge is 2.31. The Balaban J connectivity index is 1.22. The van der Waals surface area contributed by atoms with E-state index in [0.29, 0.717) is 31.2 Å². The van der Waals surface area contributed by atoms with Crippen molar-refractivity contribution >= 4 is 17.4 Å². The third kappa shape index (κ3) is 5.05. The van der Waals surface area contributed by atoms with E-state index in [9.17, 15) is 10.1 Å². The number of nitrogens with zero attached hydrogens (tertiary/aromatic N) is 6. The molecule has 2 fully saturated rings. The van der Waals surface area contributed by atoms with Gasteiger partial charge >= 0.3 is 0 Å². The largest absolute Gasteiger partial charge is 0.447 e. The van der Waals surface area contributed by atoms with E-state index in [-0.39, 0.29) is 23.6 Å². The minimum atomic E-state index is 0.0960. The molecule has 0 radical (unpaired) electrons. The van der Waals surface area contributed by atoms with Crippen molar-refractivity contribution in [1.29, 1.82) is 5.26 Å². The van der Waals surface area contributed by atoms with Gasteiger partial charge in [-0.2, -0.15) is 5.26 Å². The van der Waals surface area contributed by atoms with Gasteiger partial charge in [-0.1, -0.05) is 0 Å². The van der Waals surface area contributed by atoms with E-state index in [4.69, 9.17) is 15.2 Å². The number of hydrogen-bond donors (Lipinski definition) is 1. The molecule has 3 aliphatic heterocycles. The average molecular weight is 476 g/mol. The number of nitrogens with two attached hydrogens (primary N) is 1. The average Bonchev–Trinajstić information content (AvgIpc) is 3.38. The molecule has 5 rings (SSSR count). The fourth-order valence-electron chi connectivity index (χ4n) is 4.93. The summed E-state index contributed by atoms with van der Waals surface area (Å²) in [5.41, 5.74) is 8.83. The number of ether oxygens (including phenoxy) is 2. The number of aromatic nitrogens is 3. The monoisotopic (exact) mass is 475 g/mol. The quantitative estimate of drug-likeness (QED) is 0.646. The second kappa shape index (κ2) is 10.3. The Labute approximate surface area is 204 Å². The maximum atomic E-state index is 12.8. The fraction of sp³-hybridized carbons (Fsp3) is 0.480. The number of anilines is 2. The Hall–Kier alpha value is -3.71. The van der Waals surface area contributed by atoms with Gasteiger partial charge in [0.2, 0.25) is 11.8 Å². The molecule has 2 aromatic heterocycles. The minimum absolute atomic E-state index is 0.0960. The highest BCUT2D eigenvalue weighted by atomic mass is 16.5. The van der Waals surface area contributed by atoms with Crippen LogP contribution in [0.3, 0.4) is 0 Å². The summed E-state index contributed by atoms with van der Waals surface area (Å²) in [6.07, 6.45) is 10.2. The van der Waals surface area contributed by atoms with Crippen LogP contribution in [-0.4, -0.2) is 58.6 Å². The second-order valence-electron chi connectivity index (χ2n) is 9.18. The zero-order chi connectivity index (χ0) is 24.2. The first-order valence-corrected chi connectivity index (χ1v) is 12.1. The maximum absolute atomic E-state index is 12.8. The summed E-state index contributed by atoms with van der Waals surface area (Å²) in [5, 5.41) is 9.28. The number of pyridine rings is 1. The lowest BCUT2D eigenvalue weighted by molar-refractivity contribution is -0.137. The Morgan fingerprint density at radius 1 is 1.23 bits per heavy atom. The molecule has 0 saturated carbocycles. The molecule has 3 aliphatic rings. The number of carbonyl (C=O) groups is 1. The van der Waals surface area contributed by atoms with E-state index in [1.165, 1.54) is 6.33 Å². The van der Waals surface area contributed by atoms with Crippen LogP contribution in [-0.2, 0) is 22.5 Å². The van der Waals surface area contributed by atoms with Crippen LogP contribution in [0.5, 0.6) is 5.88 Å². The summed E-state index contributed by atoms with van der Waals surface area (Å²) in [7, 11) is 0. The SMILES string of the molecule is N#Cc1cc(N2CCc3ncnc(OC=CC4CCN(C(=O)C5CCOCC5)C4)c3C2)cnc1N.